The predicted octanol–water partition coefficient (Wildman–Crippen LogP) is 2.46. The molecule has 0 fully saturated rings. The molecule has 2 heterocycles. The van der Waals surface area contributed by atoms with Crippen LogP contribution in [-0.2, 0) is 24.5 Å². The first-order chi connectivity index (χ1) is 13.9. The molecule has 7 nitrogen and oxygen atoms in total. The van der Waals surface area contributed by atoms with Gasteiger partial charge in [-0.15, -0.1) is 0 Å². The van der Waals surface area contributed by atoms with Gasteiger partial charge in [-0.1, -0.05) is 35.9 Å². The van der Waals surface area contributed by atoms with Crippen molar-refractivity contribution in [3.05, 3.63) is 70.4 Å². The van der Waals surface area contributed by atoms with Gasteiger partial charge >= 0.3 is 11.9 Å². The van der Waals surface area contributed by atoms with E-state index in [1.165, 1.54) is 4.57 Å². The Labute approximate surface area is 166 Å². The topological polar surface area (TPSA) is 98.4 Å². The summed E-state index contributed by atoms with van der Waals surface area (Å²) in [6.07, 6.45) is 0. The van der Waals surface area contributed by atoms with Gasteiger partial charge in [-0.05, 0) is 24.6 Å². The fourth-order valence-electron chi connectivity index (χ4n) is 4.12. The molecule has 4 rings (SSSR count). The Balaban J connectivity index is 2.32. The minimum Gasteiger partial charge on any atom is -0.468 e. The number of para-hydroxylation sites is 1. The number of nitriles is 1. The maximum Gasteiger partial charge on any atom is 0.334 e. The number of aryl methyl sites for hydroxylation is 1. The largest absolute Gasteiger partial charge is 0.468 e. The van der Waals surface area contributed by atoms with E-state index in [1.807, 2.05) is 0 Å². The minimum atomic E-state index is -2.11. The third kappa shape index (κ3) is 2.14. The van der Waals surface area contributed by atoms with Crippen LogP contribution in [0.5, 0.6) is 0 Å². The van der Waals surface area contributed by atoms with Crippen molar-refractivity contribution in [2.75, 3.05) is 14.2 Å². The number of methoxy groups -OCH3 is 2. The van der Waals surface area contributed by atoms with E-state index in [2.05, 4.69) is 6.07 Å². The van der Waals surface area contributed by atoms with Crippen LogP contribution in [0.25, 0.3) is 10.9 Å². The van der Waals surface area contributed by atoms with Crippen molar-refractivity contribution < 1.29 is 23.9 Å². The zero-order valence-electron chi connectivity index (χ0n) is 16.0. The van der Waals surface area contributed by atoms with Crippen molar-refractivity contribution >= 4 is 28.7 Å². The smallest absolute Gasteiger partial charge is 0.334 e. The monoisotopic (exact) mass is 388 g/mol. The normalized spacial score (nSPS) is 13.9. The molecular weight excluding hydrogens is 372 g/mol. The SMILES string of the molecule is COC(=O)C1(C(=O)OC)c2cc(C)ccc2C(=O)n2c1c(C#N)c1ccccc12. The molecule has 0 radical (unpaired) electrons. The molecule has 0 unspecified atom stereocenters. The number of rotatable bonds is 2. The lowest BCUT2D eigenvalue weighted by molar-refractivity contribution is -0.159. The number of hydrogen-bond donors (Lipinski definition) is 0. The summed E-state index contributed by atoms with van der Waals surface area (Å²) in [7, 11) is 2.30. The van der Waals surface area contributed by atoms with Crippen LogP contribution >= 0.6 is 0 Å². The molecule has 0 N–H and O–H groups in total. The first-order valence-electron chi connectivity index (χ1n) is 8.80. The maximum absolute atomic E-state index is 13.4. The summed E-state index contributed by atoms with van der Waals surface area (Å²) in [5.41, 5.74) is -0.635. The highest BCUT2D eigenvalue weighted by molar-refractivity contribution is 6.19. The molecule has 1 aliphatic heterocycles. The summed E-state index contributed by atoms with van der Waals surface area (Å²) in [5, 5.41) is 10.4. The van der Waals surface area contributed by atoms with Crippen LogP contribution in [0.2, 0.25) is 0 Å². The van der Waals surface area contributed by atoms with Gasteiger partial charge < -0.3 is 9.47 Å². The second-order valence-corrected chi connectivity index (χ2v) is 6.78. The summed E-state index contributed by atoms with van der Waals surface area (Å²) in [6, 6.07) is 13.7. The Morgan fingerprint density at radius 1 is 1.07 bits per heavy atom. The minimum absolute atomic E-state index is 0.0527. The zero-order valence-corrected chi connectivity index (χ0v) is 16.0. The Morgan fingerprint density at radius 3 is 2.34 bits per heavy atom. The first-order valence-corrected chi connectivity index (χ1v) is 8.80. The third-order valence-corrected chi connectivity index (χ3v) is 5.34. The number of benzene rings is 2. The molecule has 144 valence electrons. The molecule has 0 aliphatic carbocycles. The molecule has 0 saturated carbocycles. The van der Waals surface area contributed by atoms with Crippen LogP contribution in [0.1, 0.15) is 32.7 Å². The fraction of sp³-hybridized carbons (Fsp3) is 0.182. The lowest BCUT2D eigenvalue weighted by Gasteiger charge is -2.35. The summed E-state index contributed by atoms with van der Waals surface area (Å²) in [5.74, 6) is -2.29. The van der Waals surface area contributed by atoms with Gasteiger partial charge in [-0.25, -0.2) is 0 Å². The van der Waals surface area contributed by atoms with Gasteiger partial charge in [0.25, 0.3) is 5.91 Å². The first kappa shape index (κ1) is 18.4. The van der Waals surface area contributed by atoms with Crippen LogP contribution in [0.15, 0.2) is 42.5 Å². The van der Waals surface area contributed by atoms with Crippen molar-refractivity contribution in [3.63, 3.8) is 0 Å². The Bertz CT molecular complexity index is 1250. The standard InChI is InChI=1S/C22H16N2O5/c1-12-8-9-14-16(10-12)22(20(26)28-2,21(27)29-3)18-15(11-23)13-6-4-5-7-17(13)24(18)19(14)25/h4-10H,1-3H3. The molecule has 0 amide bonds. The van der Waals surface area contributed by atoms with Gasteiger partial charge in [0.1, 0.15) is 6.07 Å². The van der Waals surface area contributed by atoms with Crippen LogP contribution in [0.3, 0.4) is 0 Å². The molecular formula is C22H16N2O5. The molecule has 3 aromatic rings. The summed E-state index contributed by atoms with van der Waals surface area (Å²) in [4.78, 5) is 39.9. The van der Waals surface area contributed by atoms with Gasteiger partial charge in [0, 0.05) is 10.9 Å². The summed E-state index contributed by atoms with van der Waals surface area (Å²) >= 11 is 0. The Kier molecular flexibility index (Phi) is 4.01. The van der Waals surface area contributed by atoms with E-state index in [0.29, 0.717) is 10.9 Å². The van der Waals surface area contributed by atoms with Crippen molar-refractivity contribution in [2.45, 2.75) is 12.3 Å². The van der Waals surface area contributed by atoms with Crippen LogP contribution < -0.4 is 0 Å². The third-order valence-electron chi connectivity index (χ3n) is 5.34. The number of ether oxygens (including phenoxy) is 2. The van der Waals surface area contributed by atoms with Crippen LogP contribution in [0.4, 0.5) is 0 Å². The number of esters is 2. The second kappa shape index (κ2) is 6.31. The van der Waals surface area contributed by atoms with Crippen molar-refractivity contribution in [1.29, 1.82) is 5.26 Å². The molecule has 0 atom stereocenters. The van der Waals surface area contributed by atoms with Crippen LogP contribution in [-0.4, -0.2) is 36.6 Å². The van der Waals surface area contributed by atoms with E-state index >= 15 is 0 Å². The molecule has 2 aromatic carbocycles. The average Bonchev–Trinajstić information content (AvgIpc) is 3.08. The number of hydrogen-bond acceptors (Lipinski definition) is 6. The van der Waals surface area contributed by atoms with Gasteiger partial charge in [0.15, 0.2) is 0 Å². The number of nitrogens with zero attached hydrogens (tertiary/aromatic N) is 2. The number of carbonyl (C=O) groups excluding carboxylic acids is 3. The highest BCUT2D eigenvalue weighted by Crippen LogP contribution is 2.46. The highest BCUT2D eigenvalue weighted by Gasteiger charge is 2.60. The van der Waals surface area contributed by atoms with E-state index < -0.39 is 23.3 Å². The molecule has 0 saturated heterocycles. The van der Waals surface area contributed by atoms with E-state index in [9.17, 15) is 19.6 Å². The van der Waals surface area contributed by atoms with Crippen molar-refractivity contribution in [1.82, 2.24) is 4.57 Å². The quantitative estimate of drug-likeness (QED) is 0.494. The zero-order chi connectivity index (χ0) is 20.9. The molecule has 1 aliphatic rings. The van der Waals surface area contributed by atoms with E-state index in [1.54, 1.807) is 49.4 Å². The van der Waals surface area contributed by atoms with Crippen molar-refractivity contribution in [2.24, 2.45) is 0 Å². The average molecular weight is 388 g/mol. The fourth-order valence-corrected chi connectivity index (χ4v) is 4.12. The van der Waals surface area contributed by atoms with Crippen molar-refractivity contribution in [3.8, 4) is 6.07 Å². The van der Waals surface area contributed by atoms with Crippen LogP contribution in [0, 0.1) is 18.3 Å². The Morgan fingerprint density at radius 2 is 1.72 bits per heavy atom. The van der Waals surface area contributed by atoms with Gasteiger partial charge in [-0.2, -0.15) is 5.26 Å². The number of carbonyl (C=O) groups is 3. The van der Waals surface area contributed by atoms with E-state index in [4.69, 9.17) is 9.47 Å². The molecule has 0 bridgehead atoms. The number of fused-ring (bicyclic) bond motifs is 4. The molecule has 7 heteroatoms. The van der Waals surface area contributed by atoms with Gasteiger partial charge in [0.05, 0.1) is 31.0 Å². The van der Waals surface area contributed by atoms with E-state index in [0.717, 1.165) is 19.8 Å². The van der Waals surface area contributed by atoms with Gasteiger partial charge in [-0.3, -0.25) is 19.0 Å². The number of aromatic nitrogens is 1. The van der Waals surface area contributed by atoms with E-state index in [-0.39, 0.29) is 22.4 Å². The molecule has 1 aromatic heterocycles. The second-order valence-electron chi connectivity index (χ2n) is 6.78. The maximum atomic E-state index is 13.4. The Hall–Kier alpha value is -3.92. The predicted molar refractivity (Wildman–Crippen MR) is 102 cm³/mol. The lowest BCUT2D eigenvalue weighted by Crippen LogP contribution is -2.52. The summed E-state index contributed by atoms with van der Waals surface area (Å²) in [6.45, 7) is 1.78. The summed E-state index contributed by atoms with van der Waals surface area (Å²) < 4.78 is 11.3. The lowest BCUT2D eigenvalue weighted by atomic mass is 9.71. The molecule has 29 heavy (non-hydrogen) atoms. The highest BCUT2D eigenvalue weighted by atomic mass is 16.5. The van der Waals surface area contributed by atoms with Gasteiger partial charge in [0.2, 0.25) is 5.41 Å². The molecule has 0 spiro atoms.